The third-order valence-electron chi connectivity index (χ3n) is 3.38. The second-order valence-electron chi connectivity index (χ2n) is 4.84. The lowest BCUT2D eigenvalue weighted by atomic mass is 10.2. The number of nitrogens with two attached hydrogens (primary N) is 1. The number of benzene rings is 1. The van der Waals surface area contributed by atoms with Crippen molar-refractivity contribution in [2.75, 3.05) is 38.6 Å². The van der Waals surface area contributed by atoms with Crippen LogP contribution in [0.4, 0.5) is 14.5 Å². The highest BCUT2D eigenvalue weighted by atomic mass is 19.1. The van der Waals surface area contributed by atoms with Crippen molar-refractivity contribution in [3.8, 4) is 0 Å². The summed E-state index contributed by atoms with van der Waals surface area (Å²) < 4.78 is 37.1. The van der Waals surface area contributed by atoms with Crippen LogP contribution in [-0.2, 0) is 9.47 Å². The molecule has 0 radical (unpaired) electrons. The van der Waals surface area contributed by atoms with Crippen LogP contribution in [0.25, 0.3) is 0 Å². The van der Waals surface area contributed by atoms with E-state index in [1.807, 2.05) is 6.92 Å². The largest absolute Gasteiger partial charge is 0.459 e. The first kappa shape index (κ1) is 15.7. The van der Waals surface area contributed by atoms with Crippen LogP contribution >= 0.6 is 0 Å². The molecular weight excluding hydrogens is 282 g/mol. The van der Waals surface area contributed by atoms with Gasteiger partial charge in [0.05, 0.1) is 17.9 Å². The highest BCUT2D eigenvalue weighted by Crippen LogP contribution is 2.18. The Hall–Kier alpha value is -1.73. The zero-order chi connectivity index (χ0) is 15.4. The second-order valence-corrected chi connectivity index (χ2v) is 4.84. The molecule has 0 amide bonds. The van der Waals surface area contributed by atoms with Crippen molar-refractivity contribution in [3.63, 3.8) is 0 Å². The van der Waals surface area contributed by atoms with Gasteiger partial charge in [0, 0.05) is 19.2 Å². The van der Waals surface area contributed by atoms with Crippen LogP contribution in [0.1, 0.15) is 17.3 Å². The number of anilines is 1. The van der Waals surface area contributed by atoms with Crippen molar-refractivity contribution in [3.05, 3.63) is 29.3 Å². The number of nitrogen functional groups attached to an aromatic ring is 1. The van der Waals surface area contributed by atoms with Gasteiger partial charge in [0.25, 0.3) is 0 Å². The molecule has 0 aromatic heterocycles. The van der Waals surface area contributed by atoms with Gasteiger partial charge in [-0.05, 0) is 12.6 Å². The molecule has 7 heteroatoms. The number of carbonyl (C=O) groups excluding carboxylic acids is 1. The zero-order valence-corrected chi connectivity index (χ0v) is 11.8. The highest BCUT2D eigenvalue weighted by molar-refractivity contribution is 5.90. The number of carbonyl (C=O) groups is 1. The molecule has 1 aliphatic rings. The van der Waals surface area contributed by atoms with Crippen LogP contribution in [0.2, 0.25) is 0 Å². The van der Waals surface area contributed by atoms with E-state index in [0.29, 0.717) is 19.2 Å². The summed E-state index contributed by atoms with van der Waals surface area (Å²) in [5.74, 6) is -2.78. The number of halogens is 2. The summed E-state index contributed by atoms with van der Waals surface area (Å²) in [6.07, 6.45) is -0.247. The Morgan fingerprint density at radius 3 is 2.95 bits per heavy atom. The van der Waals surface area contributed by atoms with Gasteiger partial charge in [0.1, 0.15) is 24.3 Å². The number of rotatable bonds is 4. The van der Waals surface area contributed by atoms with Crippen LogP contribution in [0, 0.1) is 11.6 Å². The van der Waals surface area contributed by atoms with Crippen LogP contribution in [0.15, 0.2) is 12.1 Å². The number of esters is 1. The quantitative estimate of drug-likeness (QED) is 0.673. The second kappa shape index (κ2) is 6.82. The molecule has 1 heterocycles. The molecule has 1 unspecified atom stereocenters. The van der Waals surface area contributed by atoms with E-state index in [4.69, 9.17) is 15.2 Å². The molecule has 1 aromatic carbocycles. The minimum atomic E-state index is -0.994. The first-order chi connectivity index (χ1) is 10.0. The molecule has 1 aromatic rings. The molecule has 0 spiro atoms. The lowest BCUT2D eigenvalue weighted by molar-refractivity contribution is -0.0579. The molecule has 21 heavy (non-hydrogen) atoms. The third-order valence-corrected chi connectivity index (χ3v) is 3.38. The lowest BCUT2D eigenvalue weighted by Gasteiger charge is -2.31. The minimum absolute atomic E-state index is 0.0199. The molecular formula is C14H18F2N2O3. The van der Waals surface area contributed by atoms with Crippen molar-refractivity contribution in [1.82, 2.24) is 4.90 Å². The molecule has 1 aliphatic heterocycles. The van der Waals surface area contributed by atoms with Gasteiger partial charge in [-0.25, -0.2) is 13.6 Å². The van der Waals surface area contributed by atoms with Crippen molar-refractivity contribution in [2.24, 2.45) is 0 Å². The number of likely N-dealkylation sites (N-methyl/N-ethyl adjacent to an activating group) is 1. The monoisotopic (exact) mass is 300 g/mol. The maximum absolute atomic E-state index is 13.5. The van der Waals surface area contributed by atoms with Gasteiger partial charge in [0.2, 0.25) is 0 Å². The van der Waals surface area contributed by atoms with Gasteiger partial charge in [0.15, 0.2) is 0 Å². The smallest absolute Gasteiger partial charge is 0.341 e. The molecule has 116 valence electrons. The molecule has 0 aliphatic carbocycles. The lowest BCUT2D eigenvalue weighted by Crippen LogP contribution is -2.44. The standard InChI is InChI=1S/C14H18F2N2O3/c1-2-18-3-4-20-9(7-18)8-21-14(19)10-5-13(17)12(16)6-11(10)15/h5-6,9H,2-4,7-8,17H2,1H3. The van der Waals surface area contributed by atoms with Crippen molar-refractivity contribution in [2.45, 2.75) is 13.0 Å². The maximum Gasteiger partial charge on any atom is 0.341 e. The zero-order valence-electron chi connectivity index (χ0n) is 11.8. The summed E-state index contributed by atoms with van der Waals surface area (Å²) in [6.45, 7) is 4.99. The average Bonchev–Trinajstić information content (AvgIpc) is 2.48. The Morgan fingerprint density at radius 1 is 1.48 bits per heavy atom. The molecule has 0 saturated carbocycles. The molecule has 1 atom stereocenters. The number of nitrogens with zero attached hydrogens (tertiary/aromatic N) is 1. The Balaban J connectivity index is 1.94. The first-order valence-electron chi connectivity index (χ1n) is 6.76. The van der Waals surface area contributed by atoms with E-state index in [-0.39, 0.29) is 24.0 Å². The third kappa shape index (κ3) is 3.89. The summed E-state index contributed by atoms with van der Waals surface area (Å²) in [5, 5.41) is 0. The van der Waals surface area contributed by atoms with Gasteiger partial charge in [-0.1, -0.05) is 6.92 Å². The molecule has 5 nitrogen and oxygen atoms in total. The van der Waals surface area contributed by atoms with Gasteiger partial charge < -0.3 is 15.2 Å². The van der Waals surface area contributed by atoms with E-state index in [1.54, 1.807) is 0 Å². The van der Waals surface area contributed by atoms with Crippen LogP contribution in [0.3, 0.4) is 0 Å². The van der Waals surface area contributed by atoms with Crippen molar-refractivity contribution in [1.29, 1.82) is 0 Å². The number of hydrogen-bond acceptors (Lipinski definition) is 5. The van der Waals surface area contributed by atoms with Gasteiger partial charge in [-0.2, -0.15) is 0 Å². The number of hydrogen-bond donors (Lipinski definition) is 1. The fourth-order valence-corrected chi connectivity index (χ4v) is 2.14. The van der Waals surface area contributed by atoms with Gasteiger partial charge >= 0.3 is 5.97 Å². The predicted octanol–water partition coefficient (Wildman–Crippen LogP) is 1.42. The van der Waals surface area contributed by atoms with Crippen molar-refractivity contribution >= 4 is 11.7 Å². The molecule has 2 N–H and O–H groups in total. The van der Waals surface area contributed by atoms with E-state index in [0.717, 1.165) is 19.2 Å². The molecule has 0 bridgehead atoms. The van der Waals surface area contributed by atoms with Gasteiger partial charge in [-0.3, -0.25) is 4.90 Å². The number of ether oxygens (including phenoxy) is 2. The Bertz CT molecular complexity index is 525. The van der Waals surface area contributed by atoms with E-state index in [2.05, 4.69) is 4.90 Å². The minimum Gasteiger partial charge on any atom is -0.459 e. The topological polar surface area (TPSA) is 64.8 Å². The van der Waals surface area contributed by atoms with Crippen LogP contribution in [-0.4, -0.2) is 49.8 Å². The first-order valence-corrected chi connectivity index (χ1v) is 6.76. The van der Waals surface area contributed by atoms with E-state index in [1.165, 1.54) is 0 Å². The molecule has 2 rings (SSSR count). The predicted molar refractivity (Wildman–Crippen MR) is 72.9 cm³/mol. The average molecular weight is 300 g/mol. The van der Waals surface area contributed by atoms with Crippen LogP contribution < -0.4 is 5.73 Å². The fourth-order valence-electron chi connectivity index (χ4n) is 2.14. The molecule has 1 fully saturated rings. The van der Waals surface area contributed by atoms with E-state index >= 15 is 0 Å². The number of morpholine rings is 1. The van der Waals surface area contributed by atoms with Gasteiger partial charge in [-0.15, -0.1) is 0 Å². The Labute approximate surface area is 121 Å². The summed E-state index contributed by atoms with van der Waals surface area (Å²) in [6, 6.07) is 1.51. The normalized spacial score (nSPS) is 19.5. The summed E-state index contributed by atoms with van der Waals surface area (Å²) in [5.41, 5.74) is 4.65. The summed E-state index contributed by atoms with van der Waals surface area (Å²) >= 11 is 0. The summed E-state index contributed by atoms with van der Waals surface area (Å²) in [4.78, 5) is 14.0. The SMILES string of the molecule is CCN1CCOC(COC(=O)c2cc(N)c(F)cc2F)C1. The van der Waals surface area contributed by atoms with Crippen LogP contribution in [0.5, 0.6) is 0 Å². The summed E-state index contributed by atoms with van der Waals surface area (Å²) in [7, 11) is 0. The Kier molecular flexibility index (Phi) is 5.08. The van der Waals surface area contributed by atoms with E-state index < -0.39 is 17.6 Å². The fraction of sp³-hybridized carbons (Fsp3) is 0.500. The maximum atomic E-state index is 13.5. The molecule has 1 saturated heterocycles. The Morgan fingerprint density at radius 2 is 2.24 bits per heavy atom. The highest BCUT2D eigenvalue weighted by Gasteiger charge is 2.22. The van der Waals surface area contributed by atoms with Crippen molar-refractivity contribution < 1.29 is 23.0 Å². The van der Waals surface area contributed by atoms with E-state index in [9.17, 15) is 13.6 Å².